The van der Waals surface area contributed by atoms with Crippen molar-refractivity contribution >= 4 is 40.7 Å². The van der Waals surface area contributed by atoms with Crippen LogP contribution in [0.25, 0.3) is 0 Å². The monoisotopic (exact) mass is 439 g/mol. The second-order valence-electron chi connectivity index (χ2n) is 7.05. The van der Waals surface area contributed by atoms with E-state index in [2.05, 4.69) is 15.6 Å². The third kappa shape index (κ3) is 3.89. The van der Waals surface area contributed by atoms with Crippen LogP contribution in [0.1, 0.15) is 27.5 Å². The van der Waals surface area contributed by atoms with Crippen molar-refractivity contribution in [1.29, 1.82) is 0 Å². The highest BCUT2D eigenvalue weighted by atomic mass is 35.5. The van der Waals surface area contributed by atoms with Crippen LogP contribution in [0.4, 0.5) is 26.4 Å². The first kappa shape index (κ1) is 20.6. The summed E-state index contributed by atoms with van der Waals surface area (Å²) in [5.41, 5.74) is 8.51. The average Bonchev–Trinajstić information content (AvgIpc) is 3.15. The molecule has 1 aliphatic heterocycles. The van der Waals surface area contributed by atoms with Crippen molar-refractivity contribution in [2.24, 2.45) is 5.73 Å². The number of pyridine rings is 1. The number of aromatic nitrogens is 1. The molecule has 1 aliphatic rings. The number of hydrogen-bond acceptors (Lipinski definition) is 4. The number of carbonyl (C=O) groups is 2. The number of benzene rings is 2. The molecule has 4 rings (SSSR count). The minimum Gasteiger partial charge on any atom is -0.355 e. The van der Waals surface area contributed by atoms with Crippen molar-refractivity contribution in [3.8, 4) is 0 Å². The fourth-order valence-electron chi connectivity index (χ4n) is 3.74. The van der Waals surface area contributed by atoms with E-state index in [0.29, 0.717) is 39.8 Å². The molecule has 2 aromatic carbocycles. The van der Waals surface area contributed by atoms with Gasteiger partial charge in [0.05, 0.1) is 22.3 Å². The molecule has 0 fully saturated rings. The van der Waals surface area contributed by atoms with E-state index in [4.69, 9.17) is 17.3 Å². The lowest BCUT2D eigenvalue weighted by Gasteiger charge is -2.26. The van der Waals surface area contributed by atoms with Gasteiger partial charge in [0.15, 0.2) is 0 Å². The van der Waals surface area contributed by atoms with Crippen molar-refractivity contribution < 1.29 is 14.0 Å². The van der Waals surface area contributed by atoms with Gasteiger partial charge in [-0.15, -0.1) is 0 Å². The third-order valence-electron chi connectivity index (χ3n) is 5.16. The number of halogens is 2. The quantitative estimate of drug-likeness (QED) is 0.568. The number of carbonyl (C=O) groups excluding carboxylic acids is 2. The molecule has 7 nitrogen and oxygen atoms in total. The largest absolute Gasteiger partial charge is 0.355 e. The summed E-state index contributed by atoms with van der Waals surface area (Å²) in [6.07, 6.45) is 1.87. The SMILES string of the molecule is CNC(=O)c1cnc(Nc2cc(F)ccc2Cl)c(C2Cc3ccccc3N2C(N)=O)c1. The highest BCUT2D eigenvalue weighted by molar-refractivity contribution is 6.33. The first-order valence-electron chi connectivity index (χ1n) is 9.49. The molecule has 0 radical (unpaired) electrons. The van der Waals surface area contributed by atoms with E-state index in [1.165, 1.54) is 36.3 Å². The summed E-state index contributed by atoms with van der Waals surface area (Å²) in [7, 11) is 1.52. The van der Waals surface area contributed by atoms with Gasteiger partial charge in [-0.3, -0.25) is 9.69 Å². The molecule has 0 aliphatic carbocycles. The van der Waals surface area contributed by atoms with Gasteiger partial charge < -0.3 is 16.4 Å². The molecule has 4 N–H and O–H groups in total. The van der Waals surface area contributed by atoms with Crippen molar-refractivity contribution in [3.05, 3.63) is 82.3 Å². The smallest absolute Gasteiger partial charge is 0.319 e. The second kappa shape index (κ2) is 8.23. The van der Waals surface area contributed by atoms with Gasteiger partial charge in [0.25, 0.3) is 5.91 Å². The topological polar surface area (TPSA) is 100 Å². The predicted octanol–water partition coefficient (Wildman–Crippen LogP) is 4.16. The van der Waals surface area contributed by atoms with Gasteiger partial charge in [-0.2, -0.15) is 0 Å². The minimum atomic E-state index is -0.630. The zero-order valence-electron chi connectivity index (χ0n) is 16.5. The fraction of sp³-hybridized carbons (Fsp3) is 0.136. The maximum absolute atomic E-state index is 13.8. The third-order valence-corrected chi connectivity index (χ3v) is 5.49. The van der Waals surface area contributed by atoms with E-state index < -0.39 is 17.9 Å². The summed E-state index contributed by atoms with van der Waals surface area (Å²) < 4.78 is 13.8. The first-order chi connectivity index (χ1) is 14.9. The maximum Gasteiger partial charge on any atom is 0.319 e. The molecule has 158 valence electrons. The van der Waals surface area contributed by atoms with Crippen LogP contribution in [0.15, 0.2) is 54.7 Å². The van der Waals surface area contributed by atoms with E-state index >= 15 is 0 Å². The normalized spacial score (nSPS) is 14.8. The Labute approximate surface area is 183 Å². The van der Waals surface area contributed by atoms with Crippen molar-refractivity contribution in [3.63, 3.8) is 0 Å². The molecule has 31 heavy (non-hydrogen) atoms. The molecular weight excluding hydrogens is 421 g/mol. The highest BCUT2D eigenvalue weighted by Crippen LogP contribution is 2.42. The van der Waals surface area contributed by atoms with E-state index in [1.807, 2.05) is 24.3 Å². The number of nitrogens with two attached hydrogens (primary N) is 1. The number of nitrogens with zero attached hydrogens (tertiary/aromatic N) is 2. The second-order valence-corrected chi connectivity index (χ2v) is 7.45. The lowest BCUT2D eigenvalue weighted by molar-refractivity contribution is 0.0962. The van der Waals surface area contributed by atoms with E-state index in [9.17, 15) is 14.0 Å². The number of urea groups is 1. The van der Waals surface area contributed by atoms with Crippen LogP contribution >= 0.6 is 11.6 Å². The number of anilines is 3. The van der Waals surface area contributed by atoms with Crippen LogP contribution in [0.3, 0.4) is 0 Å². The zero-order valence-corrected chi connectivity index (χ0v) is 17.3. The highest BCUT2D eigenvalue weighted by Gasteiger charge is 2.35. The molecule has 1 atom stereocenters. The van der Waals surface area contributed by atoms with Gasteiger partial charge in [-0.1, -0.05) is 29.8 Å². The van der Waals surface area contributed by atoms with Gasteiger partial charge in [0.1, 0.15) is 11.6 Å². The van der Waals surface area contributed by atoms with E-state index in [1.54, 1.807) is 6.07 Å². The van der Waals surface area contributed by atoms with Gasteiger partial charge in [-0.05, 0) is 42.3 Å². The summed E-state index contributed by atoms with van der Waals surface area (Å²) >= 11 is 6.21. The Kier molecular flexibility index (Phi) is 5.48. The van der Waals surface area contributed by atoms with E-state index in [-0.39, 0.29) is 5.91 Å². The van der Waals surface area contributed by atoms with Crippen LogP contribution < -0.4 is 21.3 Å². The summed E-state index contributed by atoms with van der Waals surface area (Å²) in [5, 5.41) is 5.89. The molecule has 9 heteroatoms. The summed E-state index contributed by atoms with van der Waals surface area (Å²) in [4.78, 5) is 30.4. The molecule has 1 unspecified atom stereocenters. The van der Waals surface area contributed by atoms with Crippen molar-refractivity contribution in [2.45, 2.75) is 12.5 Å². The minimum absolute atomic E-state index is 0.297. The predicted molar refractivity (Wildman–Crippen MR) is 117 cm³/mol. The van der Waals surface area contributed by atoms with Gasteiger partial charge >= 0.3 is 6.03 Å². The van der Waals surface area contributed by atoms with Crippen LogP contribution in [0, 0.1) is 5.82 Å². The molecular formula is C22H19ClFN5O2. The van der Waals surface area contributed by atoms with Crippen molar-refractivity contribution in [2.75, 3.05) is 17.3 Å². The van der Waals surface area contributed by atoms with Crippen LogP contribution in [-0.4, -0.2) is 24.0 Å². The van der Waals surface area contributed by atoms with E-state index in [0.717, 1.165) is 5.56 Å². The maximum atomic E-state index is 13.8. The van der Waals surface area contributed by atoms with Gasteiger partial charge in [-0.25, -0.2) is 14.2 Å². The standard InChI is InChI=1S/C22H19ClFN5O2/c1-26-21(30)13-8-15(19-9-12-4-2-3-5-18(12)29(19)22(25)31)20(27-11-13)28-17-10-14(24)6-7-16(17)23/h2-8,10-11,19H,9H2,1H3,(H2,25,31)(H,26,30)(H,27,28). The molecule has 0 saturated carbocycles. The van der Waals surface area contributed by atoms with Crippen LogP contribution in [0.2, 0.25) is 5.02 Å². The molecule has 2 heterocycles. The fourth-order valence-corrected chi connectivity index (χ4v) is 3.90. The molecule has 0 spiro atoms. The van der Waals surface area contributed by atoms with Crippen LogP contribution in [-0.2, 0) is 6.42 Å². The zero-order chi connectivity index (χ0) is 22.1. The summed E-state index contributed by atoms with van der Waals surface area (Å²) in [6.45, 7) is 0. The van der Waals surface area contributed by atoms with Gasteiger partial charge in [0, 0.05) is 24.5 Å². The summed E-state index contributed by atoms with van der Waals surface area (Å²) in [6, 6.07) is 11.9. The lowest BCUT2D eigenvalue weighted by atomic mass is 10.0. The lowest BCUT2D eigenvalue weighted by Crippen LogP contribution is -2.37. The number of nitrogens with one attached hydrogen (secondary N) is 2. The molecule has 1 aromatic heterocycles. The molecule has 0 bridgehead atoms. The Hall–Kier alpha value is -3.65. The number of primary amides is 1. The number of fused-ring (bicyclic) bond motifs is 1. The Bertz CT molecular complexity index is 1190. The number of amides is 3. The number of hydrogen-bond donors (Lipinski definition) is 3. The van der Waals surface area contributed by atoms with Crippen molar-refractivity contribution in [1.82, 2.24) is 10.3 Å². The van der Waals surface area contributed by atoms with Crippen LogP contribution in [0.5, 0.6) is 0 Å². The average molecular weight is 440 g/mol. The summed E-state index contributed by atoms with van der Waals surface area (Å²) in [5.74, 6) is -0.461. The Morgan fingerprint density at radius 2 is 2.00 bits per heavy atom. The number of para-hydroxylation sites is 1. The Morgan fingerprint density at radius 1 is 1.23 bits per heavy atom. The Balaban J connectivity index is 1.84. The molecule has 3 amide bonds. The first-order valence-corrected chi connectivity index (χ1v) is 9.87. The number of rotatable bonds is 4. The molecule has 3 aromatic rings. The molecule has 0 saturated heterocycles. The van der Waals surface area contributed by atoms with Gasteiger partial charge in [0.2, 0.25) is 0 Å². The Morgan fingerprint density at radius 3 is 2.74 bits per heavy atom.